The lowest BCUT2D eigenvalue weighted by Gasteiger charge is -2.07. The van der Waals surface area contributed by atoms with Crippen molar-refractivity contribution in [2.24, 2.45) is 5.10 Å². The van der Waals surface area contributed by atoms with E-state index in [-0.39, 0.29) is 5.75 Å². The maximum Gasteiger partial charge on any atom is 0.329 e. The number of phenolic OH excluding ortho intramolecular Hbond substituents is 1. The molecule has 0 heterocycles. The third kappa shape index (κ3) is 4.00. The molecule has 0 aromatic heterocycles. The molecule has 0 saturated heterocycles. The zero-order valence-electron chi connectivity index (χ0n) is 13.1. The van der Waals surface area contributed by atoms with Crippen LogP contribution < -0.4 is 10.7 Å². The Bertz CT molecular complexity index is 944. The van der Waals surface area contributed by atoms with Crippen molar-refractivity contribution in [2.45, 2.75) is 0 Å². The minimum absolute atomic E-state index is 0.135. The second-order valence-corrected chi connectivity index (χ2v) is 5.27. The van der Waals surface area contributed by atoms with Gasteiger partial charge in [0.15, 0.2) is 0 Å². The molecule has 3 aromatic rings. The number of carbonyl (C=O) groups excluding carboxylic acids is 2. The molecule has 0 aliphatic heterocycles. The average Bonchev–Trinajstić information content (AvgIpc) is 2.63. The molecule has 3 aromatic carbocycles. The second-order valence-electron chi connectivity index (χ2n) is 5.27. The van der Waals surface area contributed by atoms with Gasteiger partial charge in [-0.05, 0) is 41.3 Å². The standard InChI is InChI=1S/C19H15N3O3/c23-15-10-8-13(9-11-15)12-20-22-19(25)18(24)21-17-7-3-5-14-4-1-2-6-16(14)17/h1-12,23H,(H,21,24)(H,22,25)/b20-12+. The van der Waals surface area contributed by atoms with Crippen molar-refractivity contribution in [1.82, 2.24) is 5.43 Å². The van der Waals surface area contributed by atoms with Gasteiger partial charge in [-0.3, -0.25) is 9.59 Å². The molecular weight excluding hydrogens is 318 g/mol. The minimum Gasteiger partial charge on any atom is -0.508 e. The fourth-order valence-corrected chi connectivity index (χ4v) is 2.29. The van der Waals surface area contributed by atoms with Crippen LogP contribution in [0.5, 0.6) is 5.75 Å². The first-order valence-corrected chi connectivity index (χ1v) is 7.55. The average molecular weight is 333 g/mol. The van der Waals surface area contributed by atoms with Gasteiger partial charge in [-0.15, -0.1) is 0 Å². The predicted octanol–water partition coefficient (Wildman–Crippen LogP) is 2.63. The third-order valence-electron chi connectivity index (χ3n) is 3.52. The molecular formula is C19H15N3O3. The molecule has 0 spiro atoms. The molecule has 6 nitrogen and oxygen atoms in total. The summed E-state index contributed by atoms with van der Waals surface area (Å²) in [6.07, 6.45) is 1.38. The molecule has 0 fully saturated rings. The van der Waals surface area contributed by atoms with Crippen LogP contribution in [-0.2, 0) is 9.59 Å². The highest BCUT2D eigenvalue weighted by Crippen LogP contribution is 2.22. The van der Waals surface area contributed by atoms with Gasteiger partial charge in [-0.2, -0.15) is 5.10 Å². The number of hydrazone groups is 1. The van der Waals surface area contributed by atoms with Crippen molar-refractivity contribution in [3.8, 4) is 5.75 Å². The lowest BCUT2D eigenvalue weighted by molar-refractivity contribution is -0.136. The van der Waals surface area contributed by atoms with Crippen molar-refractivity contribution < 1.29 is 14.7 Å². The Morgan fingerprint density at radius 1 is 0.880 bits per heavy atom. The lowest BCUT2D eigenvalue weighted by Crippen LogP contribution is -2.32. The maximum absolute atomic E-state index is 12.0. The smallest absolute Gasteiger partial charge is 0.329 e. The van der Waals surface area contributed by atoms with E-state index in [4.69, 9.17) is 0 Å². The summed E-state index contributed by atoms with van der Waals surface area (Å²) < 4.78 is 0. The summed E-state index contributed by atoms with van der Waals surface area (Å²) in [5.74, 6) is -1.54. The molecule has 3 N–H and O–H groups in total. The number of hydrogen-bond acceptors (Lipinski definition) is 4. The van der Waals surface area contributed by atoms with Gasteiger partial charge in [0, 0.05) is 11.1 Å². The van der Waals surface area contributed by atoms with E-state index in [0.717, 1.165) is 10.8 Å². The predicted molar refractivity (Wildman–Crippen MR) is 96.4 cm³/mol. The number of benzene rings is 3. The van der Waals surface area contributed by atoms with Crippen LogP contribution >= 0.6 is 0 Å². The Morgan fingerprint density at radius 3 is 2.40 bits per heavy atom. The van der Waals surface area contributed by atoms with Gasteiger partial charge >= 0.3 is 11.8 Å². The highest BCUT2D eigenvalue weighted by Gasteiger charge is 2.14. The fourth-order valence-electron chi connectivity index (χ4n) is 2.29. The molecule has 0 saturated carbocycles. The van der Waals surface area contributed by atoms with Crippen LogP contribution in [0.3, 0.4) is 0 Å². The topological polar surface area (TPSA) is 90.8 Å². The van der Waals surface area contributed by atoms with Crippen LogP contribution in [0, 0.1) is 0 Å². The molecule has 25 heavy (non-hydrogen) atoms. The number of nitrogens with zero attached hydrogens (tertiary/aromatic N) is 1. The van der Waals surface area contributed by atoms with Crippen molar-refractivity contribution in [3.63, 3.8) is 0 Å². The number of carbonyl (C=O) groups is 2. The van der Waals surface area contributed by atoms with Crippen LogP contribution in [0.1, 0.15) is 5.56 Å². The van der Waals surface area contributed by atoms with E-state index < -0.39 is 11.8 Å². The normalized spacial score (nSPS) is 10.7. The Labute approximate surface area is 143 Å². The first kappa shape index (κ1) is 16.2. The summed E-state index contributed by atoms with van der Waals surface area (Å²) >= 11 is 0. The van der Waals surface area contributed by atoms with Gasteiger partial charge in [0.2, 0.25) is 0 Å². The van der Waals surface area contributed by atoms with Crippen LogP contribution in [0.25, 0.3) is 10.8 Å². The van der Waals surface area contributed by atoms with E-state index in [9.17, 15) is 14.7 Å². The van der Waals surface area contributed by atoms with Crippen LogP contribution in [0.2, 0.25) is 0 Å². The molecule has 0 aliphatic carbocycles. The van der Waals surface area contributed by atoms with E-state index >= 15 is 0 Å². The third-order valence-corrected chi connectivity index (χ3v) is 3.52. The van der Waals surface area contributed by atoms with Crippen molar-refractivity contribution in [2.75, 3.05) is 5.32 Å². The number of hydrogen-bond donors (Lipinski definition) is 3. The molecule has 0 bridgehead atoms. The Hall–Kier alpha value is -3.67. The fraction of sp³-hybridized carbons (Fsp3) is 0. The number of aromatic hydroxyl groups is 1. The van der Waals surface area contributed by atoms with E-state index in [0.29, 0.717) is 11.3 Å². The van der Waals surface area contributed by atoms with E-state index in [2.05, 4.69) is 15.8 Å². The first-order valence-electron chi connectivity index (χ1n) is 7.55. The summed E-state index contributed by atoms with van der Waals surface area (Å²) in [6.45, 7) is 0. The summed E-state index contributed by atoms with van der Waals surface area (Å²) in [7, 11) is 0. The second kappa shape index (κ2) is 7.27. The highest BCUT2D eigenvalue weighted by atomic mass is 16.3. The maximum atomic E-state index is 12.0. The molecule has 0 radical (unpaired) electrons. The van der Waals surface area contributed by atoms with E-state index in [1.807, 2.05) is 30.3 Å². The zero-order chi connectivity index (χ0) is 17.6. The lowest BCUT2D eigenvalue weighted by atomic mass is 10.1. The number of rotatable bonds is 3. The van der Waals surface area contributed by atoms with E-state index in [1.54, 1.807) is 24.3 Å². The first-order chi connectivity index (χ1) is 12.1. The van der Waals surface area contributed by atoms with Crippen LogP contribution in [-0.4, -0.2) is 23.1 Å². The number of fused-ring (bicyclic) bond motifs is 1. The van der Waals surface area contributed by atoms with Gasteiger partial charge < -0.3 is 10.4 Å². The number of phenols is 1. The number of nitrogens with one attached hydrogen (secondary N) is 2. The molecule has 6 heteroatoms. The largest absolute Gasteiger partial charge is 0.508 e. The minimum atomic E-state index is -0.872. The summed E-state index contributed by atoms with van der Waals surface area (Å²) in [5, 5.41) is 17.3. The van der Waals surface area contributed by atoms with Crippen molar-refractivity contribution in [1.29, 1.82) is 0 Å². The molecule has 3 rings (SSSR count). The van der Waals surface area contributed by atoms with Crippen LogP contribution in [0.4, 0.5) is 5.69 Å². The number of anilines is 1. The Kier molecular flexibility index (Phi) is 4.71. The SMILES string of the molecule is O=C(N/N=C/c1ccc(O)cc1)C(=O)Nc1cccc2ccccc12. The summed E-state index contributed by atoms with van der Waals surface area (Å²) in [5.41, 5.74) is 3.40. The van der Waals surface area contributed by atoms with Gasteiger partial charge in [0.05, 0.1) is 6.21 Å². The van der Waals surface area contributed by atoms with Gasteiger partial charge in [0.1, 0.15) is 5.75 Å². The Morgan fingerprint density at radius 2 is 1.60 bits per heavy atom. The van der Waals surface area contributed by atoms with Gasteiger partial charge in [-0.25, -0.2) is 5.43 Å². The monoisotopic (exact) mass is 333 g/mol. The highest BCUT2D eigenvalue weighted by molar-refractivity contribution is 6.40. The van der Waals surface area contributed by atoms with Crippen LogP contribution in [0.15, 0.2) is 71.8 Å². The summed E-state index contributed by atoms with van der Waals surface area (Å²) in [6, 6.07) is 19.3. The van der Waals surface area contributed by atoms with Crippen molar-refractivity contribution in [3.05, 3.63) is 72.3 Å². The van der Waals surface area contributed by atoms with Gasteiger partial charge in [-0.1, -0.05) is 36.4 Å². The van der Waals surface area contributed by atoms with E-state index in [1.165, 1.54) is 18.3 Å². The zero-order valence-corrected chi connectivity index (χ0v) is 13.1. The van der Waals surface area contributed by atoms with Gasteiger partial charge in [0.25, 0.3) is 0 Å². The van der Waals surface area contributed by atoms with Crippen molar-refractivity contribution >= 4 is 34.5 Å². The molecule has 2 amide bonds. The number of amides is 2. The Balaban J connectivity index is 1.64. The molecule has 0 aliphatic rings. The molecule has 0 atom stereocenters. The quantitative estimate of drug-likeness (QED) is 0.391. The molecule has 124 valence electrons. The molecule has 0 unspecified atom stereocenters. The summed E-state index contributed by atoms with van der Waals surface area (Å²) in [4.78, 5) is 23.9.